The molecule has 0 fully saturated rings. The van der Waals surface area contributed by atoms with Gasteiger partial charge in [-0.1, -0.05) is 49.1 Å². The summed E-state index contributed by atoms with van der Waals surface area (Å²) in [5.74, 6) is -0.821. The summed E-state index contributed by atoms with van der Waals surface area (Å²) in [7, 11) is 0. The Balaban J connectivity index is 0.000000200. The van der Waals surface area contributed by atoms with Crippen LogP contribution in [0.15, 0.2) is 61.2 Å². The second-order valence-electron chi connectivity index (χ2n) is 3.81. The molecule has 2 aromatic carbocycles. The lowest BCUT2D eigenvalue weighted by Gasteiger charge is -1.93. The fourth-order valence-corrected chi connectivity index (χ4v) is 1.37. The zero-order valence-electron chi connectivity index (χ0n) is 10.8. The molecular weight excluding hydrogens is 242 g/mol. The van der Waals surface area contributed by atoms with Crippen LogP contribution in [-0.4, -0.2) is 0 Å². The molecule has 2 rings (SSSR count). The van der Waals surface area contributed by atoms with E-state index in [1.807, 2.05) is 19.1 Å². The fourth-order valence-electron chi connectivity index (χ4n) is 1.37. The van der Waals surface area contributed by atoms with E-state index in [9.17, 15) is 8.78 Å². The van der Waals surface area contributed by atoms with E-state index < -0.39 is 11.6 Å². The Morgan fingerprint density at radius 3 is 1.58 bits per heavy atom. The van der Waals surface area contributed by atoms with Gasteiger partial charge in [0.25, 0.3) is 0 Å². The van der Waals surface area contributed by atoms with Crippen molar-refractivity contribution in [3.63, 3.8) is 0 Å². The predicted molar refractivity (Wildman–Crippen MR) is 77.6 cm³/mol. The molecule has 19 heavy (non-hydrogen) atoms. The summed E-state index contributed by atoms with van der Waals surface area (Å²) in [6.07, 6.45) is 5.95. The maximum atomic E-state index is 11.9. The van der Waals surface area contributed by atoms with Crippen LogP contribution in [0.4, 0.5) is 8.78 Å². The molecule has 0 N–H and O–H groups in total. The van der Waals surface area contributed by atoms with Crippen LogP contribution in [0.1, 0.15) is 18.1 Å². The lowest BCUT2D eigenvalue weighted by atomic mass is 10.1. The SMILES string of the molecule is C=Cc1ccc(/C=C/C)cc1.Fc1ccc(F)cc1. The number of rotatable bonds is 2. The van der Waals surface area contributed by atoms with E-state index in [-0.39, 0.29) is 0 Å². The maximum absolute atomic E-state index is 11.9. The number of halogens is 2. The van der Waals surface area contributed by atoms with Gasteiger partial charge in [0, 0.05) is 0 Å². The smallest absolute Gasteiger partial charge is 0.123 e. The van der Waals surface area contributed by atoms with Gasteiger partial charge in [0.05, 0.1) is 0 Å². The standard InChI is InChI=1S/C11H12.C6H4F2/c1-3-5-11-8-6-10(4-2)7-9-11;7-5-1-2-6(8)4-3-5/h3-9H,2H2,1H3;1-4H/b5-3+;. The van der Waals surface area contributed by atoms with Gasteiger partial charge in [-0.3, -0.25) is 0 Å². The first-order valence-electron chi connectivity index (χ1n) is 5.92. The Labute approximate surface area is 112 Å². The molecule has 0 aromatic heterocycles. The third-order valence-corrected chi connectivity index (χ3v) is 2.33. The first-order valence-corrected chi connectivity index (χ1v) is 5.92. The van der Waals surface area contributed by atoms with E-state index in [1.165, 1.54) is 11.1 Å². The third-order valence-electron chi connectivity index (χ3n) is 2.33. The average molecular weight is 258 g/mol. The molecule has 0 bridgehead atoms. The van der Waals surface area contributed by atoms with Crippen molar-refractivity contribution in [3.8, 4) is 0 Å². The molecular formula is C17H16F2. The summed E-state index contributed by atoms with van der Waals surface area (Å²) >= 11 is 0. The number of allylic oxidation sites excluding steroid dienone is 1. The molecule has 0 aliphatic rings. The van der Waals surface area contributed by atoms with Gasteiger partial charge >= 0.3 is 0 Å². The van der Waals surface area contributed by atoms with Crippen molar-refractivity contribution >= 4 is 12.2 Å². The summed E-state index contributed by atoms with van der Waals surface area (Å²) in [5, 5.41) is 0. The molecule has 0 amide bonds. The van der Waals surface area contributed by atoms with Crippen molar-refractivity contribution in [2.24, 2.45) is 0 Å². The maximum Gasteiger partial charge on any atom is 0.123 e. The van der Waals surface area contributed by atoms with E-state index in [1.54, 1.807) is 0 Å². The quantitative estimate of drug-likeness (QED) is 0.683. The number of benzene rings is 2. The Bertz CT molecular complexity index is 501. The summed E-state index contributed by atoms with van der Waals surface area (Å²) in [4.78, 5) is 0. The summed E-state index contributed by atoms with van der Waals surface area (Å²) < 4.78 is 23.8. The zero-order valence-corrected chi connectivity index (χ0v) is 10.8. The van der Waals surface area contributed by atoms with Crippen LogP contribution >= 0.6 is 0 Å². The summed E-state index contributed by atoms with van der Waals surface area (Å²) in [6, 6.07) is 12.6. The van der Waals surface area contributed by atoms with E-state index in [2.05, 4.69) is 36.9 Å². The van der Waals surface area contributed by atoms with Crippen LogP contribution in [0.25, 0.3) is 12.2 Å². The topological polar surface area (TPSA) is 0 Å². The first kappa shape index (κ1) is 14.8. The first-order chi connectivity index (χ1) is 9.15. The van der Waals surface area contributed by atoms with Gasteiger partial charge in [-0.2, -0.15) is 0 Å². The van der Waals surface area contributed by atoms with Crippen LogP contribution < -0.4 is 0 Å². The van der Waals surface area contributed by atoms with Gasteiger partial charge in [0.2, 0.25) is 0 Å². The minimum Gasteiger partial charge on any atom is -0.207 e. The Morgan fingerprint density at radius 1 is 0.789 bits per heavy atom. The van der Waals surface area contributed by atoms with Crippen LogP contribution in [0.2, 0.25) is 0 Å². The Hall–Kier alpha value is -2.22. The van der Waals surface area contributed by atoms with Gasteiger partial charge in [-0.05, 0) is 42.3 Å². The Morgan fingerprint density at radius 2 is 1.21 bits per heavy atom. The predicted octanol–water partition coefficient (Wildman–Crippen LogP) is 5.33. The average Bonchev–Trinajstić information content (AvgIpc) is 2.44. The highest BCUT2D eigenvalue weighted by Crippen LogP contribution is 2.06. The summed E-state index contributed by atoms with van der Waals surface area (Å²) in [6.45, 7) is 5.70. The van der Waals surface area contributed by atoms with Gasteiger partial charge in [-0.15, -0.1) is 0 Å². The molecule has 0 atom stereocenters. The molecule has 0 spiro atoms. The zero-order chi connectivity index (χ0) is 14.1. The third kappa shape index (κ3) is 5.77. The minimum absolute atomic E-state index is 0.411. The fraction of sp³-hybridized carbons (Fsp3) is 0.0588. The lowest BCUT2D eigenvalue weighted by Crippen LogP contribution is -1.72. The van der Waals surface area contributed by atoms with Crippen molar-refractivity contribution in [2.75, 3.05) is 0 Å². The van der Waals surface area contributed by atoms with Crippen LogP contribution in [0.5, 0.6) is 0 Å². The van der Waals surface area contributed by atoms with Crippen molar-refractivity contribution in [3.05, 3.63) is 83.9 Å². The molecule has 0 saturated carbocycles. The summed E-state index contributed by atoms with van der Waals surface area (Å²) in [5.41, 5.74) is 2.40. The van der Waals surface area contributed by atoms with Crippen molar-refractivity contribution < 1.29 is 8.78 Å². The molecule has 0 heterocycles. The molecule has 0 aliphatic heterocycles. The highest BCUT2D eigenvalue weighted by Gasteiger charge is 1.87. The van der Waals surface area contributed by atoms with Gasteiger partial charge < -0.3 is 0 Å². The highest BCUT2D eigenvalue weighted by atomic mass is 19.1. The van der Waals surface area contributed by atoms with Gasteiger partial charge in [0.1, 0.15) is 11.6 Å². The second-order valence-corrected chi connectivity index (χ2v) is 3.81. The van der Waals surface area contributed by atoms with E-state index in [0.29, 0.717) is 0 Å². The normalized spacial score (nSPS) is 9.84. The van der Waals surface area contributed by atoms with Crippen LogP contribution in [0.3, 0.4) is 0 Å². The molecule has 98 valence electrons. The molecule has 0 saturated heterocycles. The van der Waals surface area contributed by atoms with E-state index >= 15 is 0 Å². The molecule has 0 aliphatic carbocycles. The monoisotopic (exact) mass is 258 g/mol. The number of hydrogen-bond donors (Lipinski definition) is 0. The Kier molecular flexibility index (Phi) is 6.23. The van der Waals surface area contributed by atoms with Gasteiger partial charge in [-0.25, -0.2) is 8.78 Å². The highest BCUT2D eigenvalue weighted by molar-refractivity contribution is 5.54. The largest absolute Gasteiger partial charge is 0.207 e. The van der Waals surface area contributed by atoms with Crippen molar-refractivity contribution in [1.82, 2.24) is 0 Å². The van der Waals surface area contributed by atoms with Crippen molar-refractivity contribution in [1.29, 1.82) is 0 Å². The van der Waals surface area contributed by atoms with E-state index in [4.69, 9.17) is 0 Å². The molecule has 2 heteroatoms. The van der Waals surface area contributed by atoms with E-state index in [0.717, 1.165) is 24.3 Å². The van der Waals surface area contributed by atoms with Crippen LogP contribution in [0, 0.1) is 11.6 Å². The molecule has 0 nitrogen and oxygen atoms in total. The van der Waals surface area contributed by atoms with Crippen molar-refractivity contribution in [2.45, 2.75) is 6.92 Å². The van der Waals surface area contributed by atoms with Gasteiger partial charge in [0.15, 0.2) is 0 Å². The minimum atomic E-state index is -0.411. The second kappa shape index (κ2) is 7.98. The lowest BCUT2D eigenvalue weighted by molar-refractivity contribution is 0.600. The number of hydrogen-bond acceptors (Lipinski definition) is 0. The van der Waals surface area contributed by atoms with Crippen LogP contribution in [-0.2, 0) is 0 Å². The molecule has 0 radical (unpaired) electrons. The molecule has 2 aromatic rings. The molecule has 0 unspecified atom stereocenters.